The lowest BCUT2D eigenvalue weighted by Crippen LogP contribution is -1.97. The third kappa shape index (κ3) is 2.45. The van der Waals surface area contributed by atoms with E-state index in [1.807, 2.05) is 12.1 Å². The number of benzene rings is 1. The van der Waals surface area contributed by atoms with Gasteiger partial charge in [0, 0.05) is 11.8 Å². The van der Waals surface area contributed by atoms with E-state index in [4.69, 9.17) is 0 Å². The first-order chi connectivity index (χ1) is 9.36. The first-order valence-corrected chi connectivity index (χ1v) is 9.79. The number of imidazole rings is 1. The van der Waals surface area contributed by atoms with Crippen LogP contribution in [-0.4, -0.2) is 24.6 Å². The molecule has 0 fully saturated rings. The van der Waals surface area contributed by atoms with Crippen LogP contribution in [0.3, 0.4) is 0 Å². The lowest BCUT2D eigenvalue weighted by molar-refractivity contribution is 0.602. The number of aromatic amines is 1. The summed E-state index contributed by atoms with van der Waals surface area (Å²) < 4.78 is 25.5. The number of hydrogen-bond acceptors (Lipinski definition) is 4. The molecule has 0 radical (unpaired) electrons. The fourth-order valence-corrected chi connectivity index (χ4v) is 5.57. The molecule has 0 unspecified atom stereocenters. The molecular weight excluding hydrogens is 428 g/mol. The van der Waals surface area contributed by atoms with Crippen molar-refractivity contribution < 1.29 is 8.42 Å². The van der Waals surface area contributed by atoms with E-state index in [2.05, 4.69) is 41.8 Å². The van der Waals surface area contributed by atoms with Gasteiger partial charge in [-0.15, -0.1) is 11.3 Å². The summed E-state index contributed by atoms with van der Waals surface area (Å²) in [6, 6.07) is 7.03. The Labute approximate surface area is 136 Å². The number of fused-ring (bicyclic) bond motifs is 1. The quantitative estimate of drug-likeness (QED) is 0.655. The minimum Gasteiger partial charge on any atom is -0.338 e. The fourth-order valence-electron chi connectivity index (χ4n) is 1.93. The second kappa shape index (κ2) is 4.94. The van der Waals surface area contributed by atoms with E-state index in [0.29, 0.717) is 16.9 Å². The molecule has 0 bridgehead atoms. The highest BCUT2D eigenvalue weighted by Gasteiger charge is 2.17. The zero-order valence-corrected chi connectivity index (χ0v) is 15.0. The number of halogens is 2. The van der Waals surface area contributed by atoms with E-state index in [1.54, 1.807) is 12.1 Å². The minimum absolute atomic E-state index is 0.239. The molecule has 8 heteroatoms. The van der Waals surface area contributed by atoms with Crippen LogP contribution in [0.15, 0.2) is 36.7 Å². The average Bonchev–Trinajstić information content (AvgIpc) is 2.89. The Morgan fingerprint density at radius 3 is 2.65 bits per heavy atom. The molecule has 0 saturated heterocycles. The molecule has 3 rings (SSSR count). The SMILES string of the molecule is CS(=O)(=O)c1cccc2[nH]c(-c3cc(Br)sc3Br)nc12. The van der Waals surface area contributed by atoms with Gasteiger partial charge in [0.25, 0.3) is 0 Å². The van der Waals surface area contributed by atoms with E-state index in [-0.39, 0.29) is 4.90 Å². The molecule has 0 amide bonds. The van der Waals surface area contributed by atoms with Crippen molar-refractivity contribution in [3.8, 4) is 11.4 Å². The highest BCUT2D eigenvalue weighted by Crippen LogP contribution is 2.38. The number of hydrogen-bond donors (Lipinski definition) is 1. The zero-order chi connectivity index (χ0) is 14.5. The normalized spacial score (nSPS) is 12.2. The van der Waals surface area contributed by atoms with Gasteiger partial charge in [-0.1, -0.05) is 6.07 Å². The van der Waals surface area contributed by atoms with Crippen molar-refractivity contribution >= 4 is 64.1 Å². The van der Waals surface area contributed by atoms with Crippen LogP contribution in [0.2, 0.25) is 0 Å². The number of nitrogens with zero attached hydrogens (tertiary/aromatic N) is 1. The Morgan fingerprint density at radius 2 is 2.05 bits per heavy atom. The molecule has 0 atom stereocenters. The Bertz CT molecular complexity index is 913. The van der Waals surface area contributed by atoms with Gasteiger partial charge in [-0.2, -0.15) is 0 Å². The van der Waals surface area contributed by atoms with Gasteiger partial charge < -0.3 is 4.98 Å². The van der Waals surface area contributed by atoms with Crippen LogP contribution in [0, 0.1) is 0 Å². The van der Waals surface area contributed by atoms with E-state index in [1.165, 1.54) is 17.6 Å². The number of sulfone groups is 1. The number of para-hydroxylation sites is 1. The van der Waals surface area contributed by atoms with Crippen LogP contribution in [0.25, 0.3) is 22.4 Å². The smallest absolute Gasteiger partial charge is 0.177 e. The summed E-state index contributed by atoms with van der Waals surface area (Å²) in [4.78, 5) is 7.84. The standard InChI is InChI=1S/C12H8Br2N2O2S2/c1-20(17,18)8-4-2-3-7-10(8)16-12(15-7)6-5-9(13)19-11(6)14/h2-5H,1H3,(H,15,16). The second-order valence-corrected chi connectivity index (χ2v) is 9.98. The van der Waals surface area contributed by atoms with Gasteiger partial charge in [0.2, 0.25) is 0 Å². The topological polar surface area (TPSA) is 62.8 Å². The summed E-state index contributed by atoms with van der Waals surface area (Å²) in [5, 5.41) is 0. The van der Waals surface area contributed by atoms with Gasteiger partial charge in [-0.05, 0) is 50.1 Å². The molecule has 0 saturated carbocycles. The summed E-state index contributed by atoms with van der Waals surface area (Å²) in [7, 11) is -3.30. The molecule has 1 N–H and O–H groups in total. The predicted molar refractivity (Wildman–Crippen MR) is 87.9 cm³/mol. The van der Waals surface area contributed by atoms with Gasteiger partial charge in [0.1, 0.15) is 11.3 Å². The number of H-pyrrole nitrogens is 1. The molecule has 0 aliphatic heterocycles. The highest BCUT2D eigenvalue weighted by molar-refractivity contribution is 9.12. The van der Waals surface area contributed by atoms with Gasteiger partial charge in [-0.25, -0.2) is 13.4 Å². The third-order valence-electron chi connectivity index (χ3n) is 2.79. The van der Waals surface area contributed by atoms with E-state index in [0.717, 1.165) is 13.1 Å². The number of aromatic nitrogens is 2. The Morgan fingerprint density at radius 1 is 1.30 bits per heavy atom. The molecule has 0 aliphatic carbocycles. The molecule has 1 aromatic carbocycles. The fraction of sp³-hybridized carbons (Fsp3) is 0.0833. The average molecular weight is 436 g/mol. The first-order valence-electron chi connectivity index (χ1n) is 5.50. The zero-order valence-electron chi connectivity index (χ0n) is 10.1. The first kappa shape index (κ1) is 14.2. The lowest BCUT2D eigenvalue weighted by Gasteiger charge is -1.97. The molecule has 0 spiro atoms. The maximum Gasteiger partial charge on any atom is 0.177 e. The summed E-state index contributed by atoms with van der Waals surface area (Å²) in [5.41, 5.74) is 2.08. The molecular formula is C12H8Br2N2O2S2. The maximum absolute atomic E-state index is 11.8. The number of nitrogens with one attached hydrogen (secondary N) is 1. The summed E-state index contributed by atoms with van der Waals surface area (Å²) in [6.45, 7) is 0. The van der Waals surface area contributed by atoms with Crippen molar-refractivity contribution in [3.63, 3.8) is 0 Å². The van der Waals surface area contributed by atoms with E-state index < -0.39 is 9.84 Å². The van der Waals surface area contributed by atoms with Crippen LogP contribution in [0.4, 0.5) is 0 Å². The van der Waals surface area contributed by atoms with Crippen molar-refractivity contribution in [2.45, 2.75) is 4.90 Å². The highest BCUT2D eigenvalue weighted by atomic mass is 79.9. The second-order valence-electron chi connectivity index (χ2n) is 4.25. The van der Waals surface area contributed by atoms with Gasteiger partial charge >= 0.3 is 0 Å². The maximum atomic E-state index is 11.8. The lowest BCUT2D eigenvalue weighted by atomic mass is 10.3. The van der Waals surface area contributed by atoms with Crippen LogP contribution in [-0.2, 0) is 9.84 Å². The Hall–Kier alpha value is -0.700. The summed E-state index contributed by atoms with van der Waals surface area (Å²) in [6.07, 6.45) is 1.19. The van der Waals surface area contributed by atoms with Crippen LogP contribution in [0.1, 0.15) is 0 Å². The van der Waals surface area contributed by atoms with Gasteiger partial charge in [-0.3, -0.25) is 0 Å². The van der Waals surface area contributed by atoms with Gasteiger partial charge in [0.15, 0.2) is 9.84 Å². The minimum atomic E-state index is -3.30. The molecule has 20 heavy (non-hydrogen) atoms. The molecule has 2 aromatic heterocycles. The van der Waals surface area contributed by atoms with Crippen molar-refractivity contribution in [2.24, 2.45) is 0 Å². The van der Waals surface area contributed by atoms with E-state index >= 15 is 0 Å². The summed E-state index contributed by atoms with van der Waals surface area (Å²) in [5.74, 6) is 0.643. The monoisotopic (exact) mass is 434 g/mol. The van der Waals surface area contributed by atoms with Crippen LogP contribution in [0.5, 0.6) is 0 Å². The molecule has 4 nitrogen and oxygen atoms in total. The molecule has 104 valence electrons. The molecule has 2 heterocycles. The van der Waals surface area contributed by atoms with Crippen molar-refractivity contribution in [2.75, 3.05) is 6.26 Å². The van der Waals surface area contributed by atoms with E-state index in [9.17, 15) is 8.42 Å². The Balaban J connectivity index is 2.29. The summed E-state index contributed by atoms with van der Waals surface area (Å²) >= 11 is 8.44. The van der Waals surface area contributed by atoms with Gasteiger partial charge in [0.05, 0.1) is 18.0 Å². The van der Waals surface area contributed by atoms with Crippen molar-refractivity contribution in [1.82, 2.24) is 9.97 Å². The van der Waals surface area contributed by atoms with Crippen molar-refractivity contribution in [1.29, 1.82) is 0 Å². The van der Waals surface area contributed by atoms with Crippen LogP contribution < -0.4 is 0 Å². The third-order valence-corrected chi connectivity index (χ3v) is 6.25. The van der Waals surface area contributed by atoms with Crippen LogP contribution >= 0.6 is 43.2 Å². The molecule has 3 aromatic rings. The largest absolute Gasteiger partial charge is 0.338 e. The Kier molecular flexibility index (Phi) is 3.52. The predicted octanol–water partition coefficient (Wildman–Crippen LogP) is 4.22. The van der Waals surface area contributed by atoms with Crippen molar-refractivity contribution in [3.05, 3.63) is 31.8 Å². The number of rotatable bonds is 2. The molecule has 0 aliphatic rings. The number of thiophene rings is 1.